The van der Waals surface area contributed by atoms with Crippen LogP contribution in [0.15, 0.2) is 48.5 Å². The van der Waals surface area contributed by atoms with Crippen LogP contribution in [0.2, 0.25) is 0 Å². The third-order valence-electron chi connectivity index (χ3n) is 5.69. The van der Waals surface area contributed by atoms with Crippen LogP contribution in [0.4, 0.5) is 16.2 Å². The van der Waals surface area contributed by atoms with E-state index in [0.717, 1.165) is 16.9 Å². The molecule has 0 aliphatic carbocycles. The van der Waals surface area contributed by atoms with Gasteiger partial charge in [0.25, 0.3) is 5.91 Å². The summed E-state index contributed by atoms with van der Waals surface area (Å²) in [6, 6.07) is 15.4. The van der Waals surface area contributed by atoms with Crippen molar-refractivity contribution in [1.82, 2.24) is 4.90 Å². The lowest BCUT2D eigenvalue weighted by Gasteiger charge is -2.33. The lowest BCUT2D eigenvalue weighted by atomic mass is 10.0. The Morgan fingerprint density at radius 3 is 2.63 bits per heavy atom. The van der Waals surface area contributed by atoms with Gasteiger partial charge in [0.05, 0.1) is 12.3 Å². The van der Waals surface area contributed by atoms with Gasteiger partial charge in [-0.05, 0) is 29.7 Å². The molecule has 7 heteroatoms. The Morgan fingerprint density at radius 2 is 1.93 bits per heavy atom. The normalized spacial score (nSPS) is 20.3. The Bertz CT molecular complexity index is 947. The zero-order chi connectivity index (χ0) is 21.3. The van der Waals surface area contributed by atoms with Crippen molar-refractivity contribution in [3.8, 4) is 0 Å². The van der Waals surface area contributed by atoms with Crippen LogP contribution in [0.1, 0.15) is 30.9 Å². The van der Waals surface area contributed by atoms with Crippen LogP contribution in [-0.4, -0.2) is 49.4 Å². The van der Waals surface area contributed by atoms with Crippen LogP contribution in [0.25, 0.3) is 0 Å². The van der Waals surface area contributed by atoms with E-state index in [1.807, 2.05) is 48.5 Å². The Kier molecular flexibility index (Phi) is 5.75. The largest absolute Gasteiger partial charge is 0.383 e. The quantitative estimate of drug-likeness (QED) is 0.779. The van der Waals surface area contributed by atoms with Crippen molar-refractivity contribution in [2.45, 2.75) is 24.6 Å². The van der Waals surface area contributed by atoms with Gasteiger partial charge in [-0.1, -0.05) is 44.2 Å². The van der Waals surface area contributed by atoms with Crippen LogP contribution >= 0.6 is 11.8 Å². The number of anilines is 2. The molecule has 0 bridgehead atoms. The minimum Gasteiger partial charge on any atom is -0.383 e. The van der Waals surface area contributed by atoms with Crippen LogP contribution < -0.4 is 10.2 Å². The molecular formula is C23H27N3O3S. The summed E-state index contributed by atoms with van der Waals surface area (Å²) in [5.74, 6) is 1.06. The number of ether oxygens (including phenoxy) is 1. The summed E-state index contributed by atoms with van der Waals surface area (Å²) in [5, 5.41) is 2.99. The molecule has 1 atom stereocenters. The fourth-order valence-corrected chi connectivity index (χ4v) is 5.58. The number of fused-ring (bicyclic) bond motifs is 2. The molecule has 1 saturated heterocycles. The summed E-state index contributed by atoms with van der Waals surface area (Å²) in [6.07, 6.45) is 0. The van der Waals surface area contributed by atoms with E-state index in [9.17, 15) is 9.59 Å². The summed E-state index contributed by atoms with van der Waals surface area (Å²) in [5.41, 5.74) is 3.67. The van der Waals surface area contributed by atoms with Crippen LogP contribution in [0.5, 0.6) is 0 Å². The van der Waals surface area contributed by atoms with E-state index in [1.54, 1.807) is 16.9 Å². The molecule has 158 valence electrons. The monoisotopic (exact) mass is 425 g/mol. The lowest BCUT2D eigenvalue weighted by Crippen LogP contribution is -2.52. The van der Waals surface area contributed by atoms with Crippen molar-refractivity contribution >= 4 is 35.1 Å². The number of para-hydroxylation sites is 1. The zero-order valence-electron chi connectivity index (χ0n) is 17.6. The van der Waals surface area contributed by atoms with E-state index < -0.39 is 4.87 Å². The van der Waals surface area contributed by atoms with Gasteiger partial charge in [0, 0.05) is 37.2 Å². The molecule has 4 rings (SSSR count). The smallest absolute Gasteiger partial charge is 0.323 e. The summed E-state index contributed by atoms with van der Waals surface area (Å²) in [6.45, 7) is 5.68. The van der Waals surface area contributed by atoms with E-state index >= 15 is 0 Å². The molecule has 0 saturated carbocycles. The van der Waals surface area contributed by atoms with Crippen LogP contribution in [0.3, 0.4) is 0 Å². The molecule has 1 fully saturated rings. The van der Waals surface area contributed by atoms with Crippen LogP contribution in [-0.2, 0) is 14.4 Å². The predicted octanol–water partition coefficient (Wildman–Crippen LogP) is 4.24. The average Bonchev–Trinajstić information content (AvgIpc) is 3.29. The standard InChI is InChI=1S/C23H27N3O3S/c1-16(2)17-8-10-18(11-9-17)24-22(28)26-13-15-30-23(26)19-6-4-5-7-20(19)25(21(23)27)12-14-29-3/h4-11,16H,12-15H2,1-3H3,(H,24,28). The van der Waals surface area contributed by atoms with Gasteiger partial charge >= 0.3 is 6.03 Å². The summed E-state index contributed by atoms with van der Waals surface area (Å²) in [7, 11) is 1.62. The number of hydrogen-bond donors (Lipinski definition) is 1. The molecule has 0 aromatic heterocycles. The third kappa shape index (κ3) is 3.36. The zero-order valence-corrected chi connectivity index (χ0v) is 18.4. The van der Waals surface area contributed by atoms with Gasteiger partial charge in [0.1, 0.15) is 0 Å². The van der Waals surface area contributed by atoms with Crippen molar-refractivity contribution in [2.75, 3.05) is 42.8 Å². The maximum Gasteiger partial charge on any atom is 0.323 e. The number of methoxy groups -OCH3 is 1. The van der Waals surface area contributed by atoms with Crippen molar-refractivity contribution in [3.63, 3.8) is 0 Å². The van der Waals surface area contributed by atoms with Crippen molar-refractivity contribution in [2.24, 2.45) is 0 Å². The highest BCUT2D eigenvalue weighted by molar-refractivity contribution is 8.01. The van der Waals surface area contributed by atoms with E-state index in [1.165, 1.54) is 17.3 Å². The number of nitrogens with one attached hydrogen (secondary N) is 1. The predicted molar refractivity (Wildman–Crippen MR) is 121 cm³/mol. The second-order valence-electron chi connectivity index (χ2n) is 7.82. The van der Waals surface area contributed by atoms with Gasteiger partial charge in [-0.15, -0.1) is 11.8 Å². The number of urea groups is 1. The Labute approximate surface area is 181 Å². The van der Waals surface area contributed by atoms with E-state index in [0.29, 0.717) is 31.4 Å². The highest BCUT2D eigenvalue weighted by Crippen LogP contribution is 2.54. The van der Waals surface area contributed by atoms with Crippen LogP contribution in [0, 0.1) is 0 Å². The fourth-order valence-electron chi connectivity index (χ4n) is 4.11. The van der Waals surface area contributed by atoms with Crippen molar-refractivity contribution < 1.29 is 14.3 Å². The molecule has 2 aliphatic heterocycles. The fraction of sp³-hybridized carbons (Fsp3) is 0.391. The maximum atomic E-state index is 13.6. The molecule has 2 aromatic carbocycles. The molecule has 1 unspecified atom stereocenters. The molecule has 6 nitrogen and oxygen atoms in total. The molecule has 3 amide bonds. The third-order valence-corrected chi connectivity index (χ3v) is 7.11. The Hall–Kier alpha value is -2.51. The van der Waals surface area contributed by atoms with E-state index in [4.69, 9.17) is 4.74 Å². The molecule has 0 radical (unpaired) electrons. The number of carbonyl (C=O) groups is 2. The molecule has 1 N–H and O–H groups in total. The number of rotatable bonds is 5. The summed E-state index contributed by atoms with van der Waals surface area (Å²) >= 11 is 1.53. The first kappa shape index (κ1) is 20.8. The van der Waals surface area contributed by atoms with Gasteiger partial charge in [-0.3, -0.25) is 9.69 Å². The number of benzene rings is 2. The van der Waals surface area contributed by atoms with Gasteiger partial charge in [0.2, 0.25) is 0 Å². The van der Waals surface area contributed by atoms with E-state index in [2.05, 4.69) is 19.2 Å². The Morgan fingerprint density at radius 1 is 1.20 bits per heavy atom. The second-order valence-corrected chi connectivity index (χ2v) is 9.11. The van der Waals surface area contributed by atoms with E-state index in [-0.39, 0.29) is 11.9 Å². The van der Waals surface area contributed by atoms with Gasteiger partial charge in [-0.25, -0.2) is 4.79 Å². The summed E-state index contributed by atoms with van der Waals surface area (Å²) < 4.78 is 5.20. The topological polar surface area (TPSA) is 61.9 Å². The van der Waals surface area contributed by atoms with Gasteiger partial charge in [0.15, 0.2) is 4.87 Å². The average molecular weight is 426 g/mol. The SMILES string of the molecule is COCCN1C(=O)C2(SCCN2C(=O)Nc2ccc(C(C)C)cc2)c2ccccc21. The highest BCUT2D eigenvalue weighted by atomic mass is 32.2. The minimum atomic E-state index is -1.02. The number of thioether (sulfide) groups is 1. The molecule has 1 spiro atoms. The second kappa shape index (κ2) is 8.32. The highest BCUT2D eigenvalue weighted by Gasteiger charge is 2.59. The number of amides is 3. The lowest BCUT2D eigenvalue weighted by molar-refractivity contribution is -0.123. The first-order chi connectivity index (χ1) is 14.5. The van der Waals surface area contributed by atoms with Crippen molar-refractivity contribution in [1.29, 1.82) is 0 Å². The number of hydrogen-bond acceptors (Lipinski definition) is 4. The molecule has 2 aromatic rings. The first-order valence-electron chi connectivity index (χ1n) is 10.2. The van der Waals surface area contributed by atoms with Gasteiger partial charge in [-0.2, -0.15) is 0 Å². The molecule has 2 aliphatic rings. The molecule has 30 heavy (non-hydrogen) atoms. The first-order valence-corrected chi connectivity index (χ1v) is 11.2. The minimum absolute atomic E-state index is 0.0754. The number of carbonyl (C=O) groups excluding carboxylic acids is 2. The Balaban J connectivity index is 1.63. The maximum absolute atomic E-state index is 13.6. The number of nitrogens with zero attached hydrogens (tertiary/aromatic N) is 2. The van der Waals surface area contributed by atoms with Crippen molar-refractivity contribution in [3.05, 3.63) is 59.7 Å². The molecular weight excluding hydrogens is 398 g/mol. The van der Waals surface area contributed by atoms with Gasteiger partial charge < -0.3 is 15.0 Å². The molecule has 2 heterocycles. The summed E-state index contributed by atoms with van der Waals surface area (Å²) in [4.78, 5) is 29.3.